The molecule has 24 heavy (non-hydrogen) atoms. The van der Waals surface area contributed by atoms with Crippen molar-refractivity contribution in [2.75, 3.05) is 39.3 Å². The van der Waals surface area contributed by atoms with Crippen LogP contribution in [0.4, 0.5) is 0 Å². The van der Waals surface area contributed by atoms with Gasteiger partial charge in [-0.05, 0) is 32.6 Å². The van der Waals surface area contributed by atoms with Crippen molar-refractivity contribution in [1.82, 2.24) is 19.7 Å². The lowest BCUT2D eigenvalue weighted by molar-refractivity contribution is -0.122. The number of amides is 1. The number of aromatic nitrogens is 1. The lowest BCUT2D eigenvalue weighted by Crippen LogP contribution is -2.51. The first-order valence-electron chi connectivity index (χ1n) is 8.30. The molecule has 2 aliphatic rings. The average Bonchev–Trinajstić information content (AvgIpc) is 3.30. The first-order valence-corrected chi connectivity index (χ1v) is 9.74. The zero-order valence-electron chi connectivity index (χ0n) is 14.1. The van der Waals surface area contributed by atoms with Gasteiger partial charge < -0.3 is 9.84 Å². The van der Waals surface area contributed by atoms with Gasteiger partial charge in [-0.3, -0.25) is 9.69 Å². The van der Waals surface area contributed by atoms with E-state index in [-0.39, 0.29) is 10.8 Å². The molecule has 1 aromatic heterocycles. The Hall–Kier alpha value is -1.45. The predicted octanol–water partition coefficient (Wildman–Crippen LogP) is 0.124. The zero-order valence-corrected chi connectivity index (χ0v) is 14.9. The van der Waals surface area contributed by atoms with Crippen molar-refractivity contribution in [3.05, 3.63) is 11.5 Å². The Balaban J connectivity index is 1.53. The van der Waals surface area contributed by atoms with Crippen LogP contribution in [-0.4, -0.2) is 68.0 Å². The molecule has 1 saturated heterocycles. The van der Waals surface area contributed by atoms with E-state index in [0.29, 0.717) is 50.1 Å². The summed E-state index contributed by atoms with van der Waals surface area (Å²) in [6.07, 6.45) is 2.41. The third kappa shape index (κ3) is 3.79. The Morgan fingerprint density at radius 1 is 1.25 bits per heavy atom. The van der Waals surface area contributed by atoms with Gasteiger partial charge in [-0.25, -0.2) is 8.42 Å². The highest BCUT2D eigenvalue weighted by Gasteiger charge is 2.33. The monoisotopic (exact) mass is 356 g/mol. The molecule has 1 aromatic rings. The fourth-order valence-electron chi connectivity index (χ4n) is 2.94. The molecule has 1 saturated carbocycles. The molecular weight excluding hydrogens is 332 g/mol. The van der Waals surface area contributed by atoms with Gasteiger partial charge in [-0.15, -0.1) is 0 Å². The van der Waals surface area contributed by atoms with E-state index in [0.717, 1.165) is 6.54 Å². The Morgan fingerprint density at radius 3 is 2.46 bits per heavy atom. The minimum Gasteiger partial charge on any atom is -0.360 e. The molecule has 1 aliphatic carbocycles. The molecule has 0 atom stereocenters. The number of nitrogens with one attached hydrogen (secondary N) is 1. The van der Waals surface area contributed by atoms with E-state index in [4.69, 9.17) is 4.52 Å². The normalized spacial score (nSPS) is 20.2. The van der Waals surface area contributed by atoms with E-state index in [1.165, 1.54) is 17.1 Å². The summed E-state index contributed by atoms with van der Waals surface area (Å²) in [4.78, 5) is 14.0. The second kappa shape index (κ2) is 6.81. The average molecular weight is 356 g/mol. The van der Waals surface area contributed by atoms with E-state index in [1.54, 1.807) is 13.8 Å². The number of carbonyl (C=O) groups excluding carboxylic acids is 1. The van der Waals surface area contributed by atoms with Gasteiger partial charge in [-0.2, -0.15) is 4.31 Å². The third-order valence-corrected chi connectivity index (χ3v) is 6.69. The SMILES string of the molecule is Cc1noc(C)c1S(=O)(=O)N1CCN(CC(=O)NCC2CC2)CC1. The van der Waals surface area contributed by atoms with Crippen molar-refractivity contribution in [3.63, 3.8) is 0 Å². The minimum atomic E-state index is -3.60. The number of aryl methyl sites for hydroxylation is 2. The molecule has 134 valence electrons. The molecule has 2 heterocycles. The number of piperazine rings is 1. The minimum absolute atomic E-state index is 0.0175. The van der Waals surface area contributed by atoms with Crippen LogP contribution in [0.25, 0.3) is 0 Å². The van der Waals surface area contributed by atoms with Gasteiger partial charge in [-0.1, -0.05) is 5.16 Å². The number of carbonyl (C=O) groups is 1. The molecule has 1 N–H and O–H groups in total. The molecule has 0 spiro atoms. The maximum atomic E-state index is 12.7. The van der Waals surface area contributed by atoms with Crippen molar-refractivity contribution in [3.8, 4) is 0 Å². The Morgan fingerprint density at radius 2 is 1.92 bits per heavy atom. The number of rotatable bonds is 6. The number of hydrogen-bond acceptors (Lipinski definition) is 6. The lowest BCUT2D eigenvalue weighted by Gasteiger charge is -2.33. The Kier molecular flexibility index (Phi) is 4.93. The summed E-state index contributed by atoms with van der Waals surface area (Å²) in [5.74, 6) is 0.990. The van der Waals surface area contributed by atoms with E-state index < -0.39 is 10.0 Å². The number of sulfonamides is 1. The number of hydrogen-bond donors (Lipinski definition) is 1. The summed E-state index contributed by atoms with van der Waals surface area (Å²) in [6, 6.07) is 0. The van der Waals surface area contributed by atoms with Crippen LogP contribution in [0.15, 0.2) is 9.42 Å². The van der Waals surface area contributed by atoms with Gasteiger partial charge in [0.25, 0.3) is 0 Å². The summed E-state index contributed by atoms with van der Waals surface area (Å²) >= 11 is 0. The molecule has 0 radical (unpaired) electrons. The van der Waals surface area contributed by atoms with Crippen LogP contribution in [0.2, 0.25) is 0 Å². The van der Waals surface area contributed by atoms with Crippen LogP contribution >= 0.6 is 0 Å². The summed E-state index contributed by atoms with van der Waals surface area (Å²) in [6.45, 7) is 6.13. The zero-order chi connectivity index (χ0) is 17.3. The molecular formula is C15H24N4O4S. The maximum absolute atomic E-state index is 12.7. The highest BCUT2D eigenvalue weighted by molar-refractivity contribution is 7.89. The molecule has 2 fully saturated rings. The highest BCUT2D eigenvalue weighted by Crippen LogP contribution is 2.27. The van der Waals surface area contributed by atoms with Crippen molar-refractivity contribution in [2.24, 2.45) is 5.92 Å². The smallest absolute Gasteiger partial charge is 0.248 e. The number of nitrogens with zero attached hydrogens (tertiary/aromatic N) is 3. The Labute approximate surface area is 142 Å². The van der Waals surface area contributed by atoms with E-state index in [1.807, 2.05) is 4.90 Å². The van der Waals surface area contributed by atoms with Gasteiger partial charge >= 0.3 is 0 Å². The summed E-state index contributed by atoms with van der Waals surface area (Å²) < 4.78 is 31.9. The van der Waals surface area contributed by atoms with E-state index in [2.05, 4.69) is 10.5 Å². The van der Waals surface area contributed by atoms with Crippen molar-refractivity contribution in [2.45, 2.75) is 31.6 Å². The van der Waals surface area contributed by atoms with Crippen LogP contribution in [0.5, 0.6) is 0 Å². The second-order valence-corrected chi connectivity index (χ2v) is 8.46. The van der Waals surface area contributed by atoms with E-state index >= 15 is 0 Å². The first-order chi connectivity index (χ1) is 11.4. The van der Waals surface area contributed by atoms with Crippen molar-refractivity contribution in [1.29, 1.82) is 0 Å². The molecule has 8 nitrogen and oxygen atoms in total. The molecule has 0 bridgehead atoms. The molecule has 0 unspecified atom stereocenters. The third-order valence-electron chi connectivity index (χ3n) is 4.55. The van der Waals surface area contributed by atoms with Crippen LogP contribution in [0.1, 0.15) is 24.3 Å². The molecule has 1 amide bonds. The summed E-state index contributed by atoms with van der Waals surface area (Å²) in [5, 5.41) is 6.66. The van der Waals surface area contributed by atoms with Crippen LogP contribution in [0.3, 0.4) is 0 Å². The van der Waals surface area contributed by atoms with Crippen LogP contribution < -0.4 is 5.32 Å². The van der Waals surface area contributed by atoms with Crippen LogP contribution in [0, 0.1) is 19.8 Å². The van der Waals surface area contributed by atoms with Gasteiger partial charge in [0, 0.05) is 32.7 Å². The summed E-state index contributed by atoms with van der Waals surface area (Å²) in [7, 11) is -3.60. The first kappa shape index (κ1) is 17.4. The largest absolute Gasteiger partial charge is 0.360 e. The topological polar surface area (TPSA) is 95.8 Å². The molecule has 9 heteroatoms. The fourth-order valence-corrected chi connectivity index (χ4v) is 4.65. The van der Waals surface area contributed by atoms with Crippen molar-refractivity contribution >= 4 is 15.9 Å². The predicted molar refractivity (Wildman–Crippen MR) is 86.9 cm³/mol. The van der Waals surface area contributed by atoms with Gasteiger partial charge in [0.15, 0.2) is 5.76 Å². The quantitative estimate of drug-likeness (QED) is 0.778. The van der Waals surface area contributed by atoms with Gasteiger partial charge in [0.05, 0.1) is 6.54 Å². The van der Waals surface area contributed by atoms with Gasteiger partial charge in [0.1, 0.15) is 10.6 Å². The standard InChI is InChI=1S/C15H24N4O4S/c1-11-15(12(2)23-17-11)24(21,22)19-7-5-18(6-8-19)10-14(20)16-9-13-3-4-13/h13H,3-10H2,1-2H3,(H,16,20). The Bertz CT molecular complexity index is 684. The van der Waals surface area contributed by atoms with Crippen LogP contribution in [-0.2, 0) is 14.8 Å². The summed E-state index contributed by atoms with van der Waals surface area (Å²) in [5.41, 5.74) is 0.384. The fraction of sp³-hybridized carbons (Fsp3) is 0.733. The molecule has 3 rings (SSSR count). The van der Waals surface area contributed by atoms with Crippen molar-refractivity contribution < 1.29 is 17.7 Å². The maximum Gasteiger partial charge on any atom is 0.248 e. The second-order valence-electron chi connectivity index (χ2n) is 6.58. The molecule has 0 aromatic carbocycles. The highest BCUT2D eigenvalue weighted by atomic mass is 32.2. The lowest BCUT2D eigenvalue weighted by atomic mass is 10.3. The van der Waals surface area contributed by atoms with E-state index in [9.17, 15) is 13.2 Å². The molecule has 1 aliphatic heterocycles. The van der Waals surface area contributed by atoms with Gasteiger partial charge in [0.2, 0.25) is 15.9 Å².